The summed E-state index contributed by atoms with van der Waals surface area (Å²) in [5, 5.41) is 11.2. The van der Waals surface area contributed by atoms with Gasteiger partial charge in [0.15, 0.2) is 5.69 Å². The van der Waals surface area contributed by atoms with E-state index in [2.05, 4.69) is 20.6 Å². The second kappa shape index (κ2) is 5.72. The molecule has 1 N–H and O–H groups in total. The third-order valence-corrected chi connectivity index (χ3v) is 4.13. The Bertz CT molecular complexity index is 709. The normalized spacial score (nSPS) is 20.1. The van der Waals surface area contributed by atoms with Crippen molar-refractivity contribution in [1.82, 2.24) is 25.2 Å². The number of allylic oxidation sites excluding steroid dienone is 1. The van der Waals surface area contributed by atoms with E-state index in [-0.39, 0.29) is 24.7 Å². The molecule has 114 valence electrons. The second-order valence-electron chi connectivity index (χ2n) is 4.66. The number of carbonyl (C=O) groups excluding carboxylic acids is 3. The van der Waals surface area contributed by atoms with Gasteiger partial charge in [0.05, 0.1) is 11.9 Å². The molecule has 22 heavy (non-hydrogen) atoms. The van der Waals surface area contributed by atoms with Gasteiger partial charge >= 0.3 is 6.03 Å². The molecule has 2 aliphatic heterocycles. The standard InChI is InChI=1S/C12H12N6O3S/c1-17-6-8(15-16-17)10(19)13-3-4-18-11(20)9-7(2-5-22-9)14-12(18)21/h2,5-6,9H,3-4H2,1H3,(H,13,19). The maximum atomic E-state index is 12.2. The average Bonchev–Trinajstić information content (AvgIpc) is 3.11. The summed E-state index contributed by atoms with van der Waals surface area (Å²) in [4.78, 5) is 40.7. The van der Waals surface area contributed by atoms with Gasteiger partial charge in [-0.25, -0.2) is 4.79 Å². The summed E-state index contributed by atoms with van der Waals surface area (Å²) in [6.45, 7) is 0.195. The summed E-state index contributed by atoms with van der Waals surface area (Å²) < 4.78 is 1.41. The number of nitrogens with zero attached hydrogens (tertiary/aromatic N) is 5. The summed E-state index contributed by atoms with van der Waals surface area (Å²) in [7, 11) is 1.65. The number of fused-ring (bicyclic) bond motifs is 1. The Morgan fingerprint density at radius 2 is 2.27 bits per heavy atom. The monoisotopic (exact) mass is 320 g/mol. The van der Waals surface area contributed by atoms with Crippen LogP contribution in [0.2, 0.25) is 0 Å². The molecule has 3 heterocycles. The fraction of sp³-hybridized carbons (Fsp3) is 0.333. The summed E-state index contributed by atoms with van der Waals surface area (Å²) in [6.07, 6.45) is 3.14. The van der Waals surface area contributed by atoms with Gasteiger partial charge in [0.2, 0.25) is 5.91 Å². The van der Waals surface area contributed by atoms with E-state index < -0.39 is 17.2 Å². The van der Waals surface area contributed by atoms with Crippen LogP contribution in [0, 0.1) is 0 Å². The van der Waals surface area contributed by atoms with Crippen molar-refractivity contribution >= 4 is 35.3 Å². The number of urea groups is 1. The number of aryl methyl sites for hydroxylation is 1. The minimum Gasteiger partial charge on any atom is -0.349 e. The molecule has 0 fully saturated rings. The van der Waals surface area contributed by atoms with Gasteiger partial charge in [0.25, 0.3) is 5.91 Å². The second-order valence-corrected chi connectivity index (χ2v) is 5.68. The number of carbonyl (C=O) groups is 3. The van der Waals surface area contributed by atoms with Crippen molar-refractivity contribution in [1.29, 1.82) is 0 Å². The molecule has 10 heteroatoms. The quantitative estimate of drug-likeness (QED) is 0.806. The van der Waals surface area contributed by atoms with Crippen LogP contribution in [0.15, 0.2) is 22.7 Å². The lowest BCUT2D eigenvalue weighted by molar-refractivity contribution is -0.126. The lowest BCUT2D eigenvalue weighted by Crippen LogP contribution is -2.49. The highest BCUT2D eigenvalue weighted by molar-refractivity contribution is 8.04. The molecule has 1 aromatic heterocycles. The molecule has 9 nitrogen and oxygen atoms in total. The van der Waals surface area contributed by atoms with Gasteiger partial charge in [-0.2, -0.15) is 4.99 Å². The lowest BCUT2D eigenvalue weighted by atomic mass is 10.2. The number of aliphatic imine (C=N–C) groups is 1. The summed E-state index contributed by atoms with van der Waals surface area (Å²) in [6, 6.07) is -0.600. The van der Waals surface area contributed by atoms with Crippen LogP contribution >= 0.6 is 11.8 Å². The van der Waals surface area contributed by atoms with Gasteiger partial charge in [0, 0.05) is 20.1 Å². The Hall–Kier alpha value is -2.49. The van der Waals surface area contributed by atoms with Crippen molar-refractivity contribution < 1.29 is 14.4 Å². The molecule has 1 unspecified atom stereocenters. The predicted octanol–water partition coefficient (Wildman–Crippen LogP) is -0.423. The van der Waals surface area contributed by atoms with Crippen LogP contribution < -0.4 is 5.32 Å². The van der Waals surface area contributed by atoms with Crippen molar-refractivity contribution in [3.8, 4) is 0 Å². The van der Waals surface area contributed by atoms with Crippen LogP contribution in [0.4, 0.5) is 4.79 Å². The van der Waals surface area contributed by atoms with E-state index >= 15 is 0 Å². The van der Waals surface area contributed by atoms with E-state index in [4.69, 9.17) is 0 Å². The summed E-state index contributed by atoms with van der Waals surface area (Å²) >= 11 is 1.32. The molecule has 3 rings (SSSR count). The van der Waals surface area contributed by atoms with Crippen LogP contribution in [0.3, 0.4) is 0 Å². The van der Waals surface area contributed by atoms with E-state index in [1.807, 2.05) is 0 Å². The Labute approximate surface area is 129 Å². The molecule has 0 saturated heterocycles. The highest BCUT2D eigenvalue weighted by Crippen LogP contribution is 2.27. The van der Waals surface area contributed by atoms with Crippen molar-refractivity contribution in [3.05, 3.63) is 23.4 Å². The first-order valence-corrected chi connectivity index (χ1v) is 7.41. The van der Waals surface area contributed by atoms with Crippen molar-refractivity contribution in [2.75, 3.05) is 13.1 Å². The highest BCUT2D eigenvalue weighted by Gasteiger charge is 2.38. The molecule has 0 aliphatic carbocycles. The maximum absolute atomic E-state index is 12.2. The zero-order valence-electron chi connectivity index (χ0n) is 11.6. The SMILES string of the molecule is Cn1cc(C(=O)NCCN2C(=O)N=C3C=CSC3C2=O)nn1. The molecule has 0 aromatic carbocycles. The van der Waals surface area contributed by atoms with Gasteiger partial charge in [0.1, 0.15) is 5.25 Å². The molecule has 4 amide bonds. The van der Waals surface area contributed by atoms with Crippen molar-refractivity contribution in [2.24, 2.45) is 12.0 Å². The third kappa shape index (κ3) is 2.64. The highest BCUT2D eigenvalue weighted by atomic mass is 32.2. The lowest BCUT2D eigenvalue weighted by Gasteiger charge is -2.25. The minimum atomic E-state index is -0.600. The summed E-state index contributed by atoms with van der Waals surface area (Å²) in [5.41, 5.74) is 0.662. The van der Waals surface area contributed by atoms with Crippen LogP contribution in [-0.2, 0) is 11.8 Å². The predicted molar refractivity (Wildman–Crippen MR) is 78.4 cm³/mol. The van der Waals surface area contributed by atoms with E-state index in [9.17, 15) is 14.4 Å². The number of amides is 4. The zero-order chi connectivity index (χ0) is 15.7. The number of nitrogens with one attached hydrogen (secondary N) is 1. The topological polar surface area (TPSA) is 110 Å². The average molecular weight is 320 g/mol. The number of imide groups is 1. The van der Waals surface area contributed by atoms with Gasteiger partial charge < -0.3 is 5.32 Å². The van der Waals surface area contributed by atoms with E-state index in [1.54, 1.807) is 18.5 Å². The van der Waals surface area contributed by atoms with E-state index in [1.165, 1.54) is 22.6 Å². The molecule has 2 aliphatic rings. The fourth-order valence-electron chi connectivity index (χ4n) is 2.06. The maximum Gasteiger partial charge on any atom is 0.350 e. The molecular formula is C12H12N6O3S. The van der Waals surface area contributed by atoms with Crippen LogP contribution in [0.5, 0.6) is 0 Å². The van der Waals surface area contributed by atoms with Crippen molar-refractivity contribution in [3.63, 3.8) is 0 Å². The zero-order valence-corrected chi connectivity index (χ0v) is 12.4. The Balaban J connectivity index is 1.57. The third-order valence-electron chi connectivity index (χ3n) is 3.12. The molecule has 1 aromatic rings. The van der Waals surface area contributed by atoms with Crippen LogP contribution in [0.25, 0.3) is 0 Å². The smallest absolute Gasteiger partial charge is 0.349 e. The van der Waals surface area contributed by atoms with Gasteiger partial charge in [-0.15, -0.1) is 16.9 Å². The molecule has 0 spiro atoms. The van der Waals surface area contributed by atoms with Gasteiger partial charge in [-0.05, 0) is 11.5 Å². The Morgan fingerprint density at radius 1 is 1.45 bits per heavy atom. The first-order valence-electron chi connectivity index (χ1n) is 6.47. The molecule has 0 bridgehead atoms. The first-order chi connectivity index (χ1) is 10.6. The molecule has 0 radical (unpaired) electrons. The van der Waals surface area contributed by atoms with Crippen LogP contribution in [-0.4, -0.2) is 61.8 Å². The van der Waals surface area contributed by atoms with Gasteiger partial charge in [-0.3, -0.25) is 19.2 Å². The minimum absolute atomic E-state index is 0.0670. The number of thioether (sulfide) groups is 1. The number of hydrogen-bond donors (Lipinski definition) is 1. The molecule has 0 saturated carbocycles. The Morgan fingerprint density at radius 3 is 3.00 bits per heavy atom. The number of rotatable bonds is 4. The first kappa shape index (κ1) is 14.4. The van der Waals surface area contributed by atoms with Crippen molar-refractivity contribution in [2.45, 2.75) is 5.25 Å². The van der Waals surface area contributed by atoms with Crippen LogP contribution in [0.1, 0.15) is 10.5 Å². The summed E-state index contributed by atoms with van der Waals surface area (Å²) in [5.74, 6) is -0.718. The molecular weight excluding hydrogens is 308 g/mol. The Kier molecular flexibility index (Phi) is 3.75. The van der Waals surface area contributed by atoms with E-state index in [0.29, 0.717) is 5.71 Å². The van der Waals surface area contributed by atoms with Gasteiger partial charge in [-0.1, -0.05) is 5.21 Å². The number of hydrogen-bond acceptors (Lipinski definition) is 6. The fourth-order valence-corrected chi connectivity index (χ4v) is 2.95. The molecule has 1 atom stereocenters. The number of aromatic nitrogens is 3. The largest absolute Gasteiger partial charge is 0.350 e. The van der Waals surface area contributed by atoms with E-state index in [0.717, 1.165) is 4.90 Å².